The van der Waals surface area contributed by atoms with Crippen molar-refractivity contribution >= 4 is 11.9 Å². The van der Waals surface area contributed by atoms with E-state index in [4.69, 9.17) is 0 Å². The van der Waals surface area contributed by atoms with Crippen LogP contribution in [-0.4, -0.2) is 35.0 Å². The van der Waals surface area contributed by atoms with E-state index in [0.29, 0.717) is 30.3 Å². The van der Waals surface area contributed by atoms with E-state index in [0.717, 1.165) is 5.56 Å². The molecule has 2 heterocycles. The Hall–Kier alpha value is -2.50. The van der Waals surface area contributed by atoms with Gasteiger partial charge in [0.1, 0.15) is 5.75 Å². The first-order valence-corrected chi connectivity index (χ1v) is 7.34. The van der Waals surface area contributed by atoms with Crippen molar-refractivity contribution < 1.29 is 14.7 Å². The van der Waals surface area contributed by atoms with Crippen LogP contribution in [0.2, 0.25) is 0 Å². The fourth-order valence-corrected chi connectivity index (χ4v) is 2.93. The van der Waals surface area contributed by atoms with Crippen molar-refractivity contribution in [2.24, 2.45) is 5.92 Å². The maximum atomic E-state index is 12.7. The Labute approximate surface area is 128 Å². The molecule has 2 aliphatic rings. The molecule has 0 radical (unpaired) electrons. The number of phenolic OH excluding ortho intramolecular Hbond substituents is 1. The number of hydrogen-bond acceptors (Lipinski definition) is 3. The molecule has 0 aromatic heterocycles. The number of urea groups is 1. The first kappa shape index (κ1) is 14.4. The zero-order valence-corrected chi connectivity index (χ0v) is 12.6. The molecule has 22 heavy (non-hydrogen) atoms. The molecule has 2 aliphatic heterocycles. The number of nitrogens with one attached hydrogen (secondary N) is 2. The van der Waals surface area contributed by atoms with Gasteiger partial charge < -0.3 is 20.6 Å². The summed E-state index contributed by atoms with van der Waals surface area (Å²) in [6, 6.07) is 5.75. The average Bonchev–Trinajstić information content (AvgIpc) is 2.74. The third-order valence-corrected chi connectivity index (χ3v) is 3.83. The van der Waals surface area contributed by atoms with Crippen LogP contribution in [0.5, 0.6) is 5.75 Å². The highest BCUT2D eigenvalue weighted by Gasteiger charge is 2.40. The number of nitrogens with zero attached hydrogens (tertiary/aromatic N) is 1. The van der Waals surface area contributed by atoms with Crippen LogP contribution in [-0.2, 0) is 4.79 Å². The minimum absolute atomic E-state index is 0.0470. The van der Waals surface area contributed by atoms with Gasteiger partial charge in [-0.3, -0.25) is 4.79 Å². The van der Waals surface area contributed by atoms with Gasteiger partial charge in [0.2, 0.25) is 0 Å². The van der Waals surface area contributed by atoms with Gasteiger partial charge in [-0.15, -0.1) is 0 Å². The lowest BCUT2D eigenvalue weighted by molar-refractivity contribution is -0.126. The summed E-state index contributed by atoms with van der Waals surface area (Å²) in [6.07, 6.45) is 0. The molecule has 1 aromatic rings. The fourth-order valence-electron chi connectivity index (χ4n) is 2.93. The largest absolute Gasteiger partial charge is 0.508 e. The molecule has 1 unspecified atom stereocenters. The molecule has 6 nitrogen and oxygen atoms in total. The lowest BCUT2D eigenvalue weighted by Gasteiger charge is -2.25. The molecule has 0 aliphatic carbocycles. The van der Waals surface area contributed by atoms with Gasteiger partial charge in [-0.25, -0.2) is 4.79 Å². The van der Waals surface area contributed by atoms with E-state index >= 15 is 0 Å². The van der Waals surface area contributed by atoms with Crippen molar-refractivity contribution in [3.63, 3.8) is 0 Å². The van der Waals surface area contributed by atoms with Crippen LogP contribution >= 0.6 is 0 Å². The number of aromatic hydroxyl groups is 1. The Morgan fingerprint density at radius 2 is 1.95 bits per heavy atom. The summed E-state index contributed by atoms with van der Waals surface area (Å²) < 4.78 is 0. The summed E-state index contributed by atoms with van der Waals surface area (Å²) in [6.45, 7) is 5.20. The van der Waals surface area contributed by atoms with Crippen molar-refractivity contribution in [1.82, 2.24) is 15.5 Å². The summed E-state index contributed by atoms with van der Waals surface area (Å²) >= 11 is 0. The first-order chi connectivity index (χ1) is 10.5. The number of rotatable bonds is 3. The van der Waals surface area contributed by atoms with Crippen LogP contribution in [0.4, 0.5) is 4.79 Å². The van der Waals surface area contributed by atoms with Crippen LogP contribution in [0.3, 0.4) is 0 Å². The highest BCUT2D eigenvalue weighted by Crippen LogP contribution is 2.33. The first-order valence-electron chi connectivity index (χ1n) is 7.34. The van der Waals surface area contributed by atoms with Crippen LogP contribution in [0.1, 0.15) is 25.5 Å². The molecule has 3 N–H and O–H groups in total. The van der Waals surface area contributed by atoms with Gasteiger partial charge in [0.25, 0.3) is 5.91 Å². The van der Waals surface area contributed by atoms with E-state index in [1.165, 1.54) is 0 Å². The van der Waals surface area contributed by atoms with Crippen LogP contribution in [0.25, 0.3) is 0 Å². The second-order valence-corrected chi connectivity index (χ2v) is 6.09. The average molecular weight is 301 g/mol. The molecule has 0 fully saturated rings. The molecule has 0 saturated carbocycles. The molecular weight excluding hydrogens is 282 g/mol. The molecule has 1 atom stereocenters. The van der Waals surface area contributed by atoms with Gasteiger partial charge in [-0.1, -0.05) is 26.0 Å². The number of carbonyl (C=O) groups is 2. The molecule has 0 spiro atoms. The summed E-state index contributed by atoms with van der Waals surface area (Å²) in [4.78, 5) is 26.3. The quantitative estimate of drug-likeness (QED) is 0.791. The minimum Gasteiger partial charge on any atom is -0.508 e. The van der Waals surface area contributed by atoms with Crippen molar-refractivity contribution in [3.05, 3.63) is 41.1 Å². The van der Waals surface area contributed by atoms with Gasteiger partial charge in [0.15, 0.2) is 0 Å². The second kappa shape index (κ2) is 5.36. The lowest BCUT2D eigenvalue weighted by atomic mass is 9.96. The molecule has 1 aromatic carbocycles. The predicted octanol–water partition coefficient (Wildman–Crippen LogP) is 1.50. The number of hydrogen-bond donors (Lipinski definition) is 3. The number of benzene rings is 1. The minimum atomic E-state index is -0.478. The van der Waals surface area contributed by atoms with E-state index in [1.54, 1.807) is 29.2 Å². The molecule has 6 heteroatoms. The number of amides is 3. The number of carbonyl (C=O) groups excluding carboxylic acids is 2. The molecule has 3 rings (SSSR count). The summed E-state index contributed by atoms with van der Waals surface area (Å²) in [5, 5.41) is 14.9. The molecule has 0 bridgehead atoms. The monoisotopic (exact) mass is 301 g/mol. The predicted molar refractivity (Wildman–Crippen MR) is 81.0 cm³/mol. The normalized spacial score (nSPS) is 21.0. The number of phenols is 1. The Morgan fingerprint density at radius 3 is 2.59 bits per heavy atom. The van der Waals surface area contributed by atoms with Gasteiger partial charge in [0.05, 0.1) is 23.9 Å². The van der Waals surface area contributed by atoms with Gasteiger partial charge >= 0.3 is 6.03 Å². The van der Waals surface area contributed by atoms with Crippen molar-refractivity contribution in [1.29, 1.82) is 0 Å². The Bertz CT molecular complexity index is 649. The summed E-state index contributed by atoms with van der Waals surface area (Å²) in [7, 11) is 0. The third-order valence-electron chi connectivity index (χ3n) is 3.83. The zero-order chi connectivity index (χ0) is 15.9. The third kappa shape index (κ3) is 2.52. The van der Waals surface area contributed by atoms with E-state index in [1.807, 2.05) is 0 Å². The van der Waals surface area contributed by atoms with Crippen molar-refractivity contribution in [2.45, 2.75) is 19.9 Å². The highest BCUT2D eigenvalue weighted by molar-refractivity contribution is 6.01. The highest BCUT2D eigenvalue weighted by atomic mass is 16.3. The molecular formula is C16H19N3O3. The van der Waals surface area contributed by atoms with E-state index in [-0.39, 0.29) is 17.7 Å². The maximum absolute atomic E-state index is 12.7. The van der Waals surface area contributed by atoms with Gasteiger partial charge in [-0.05, 0) is 23.6 Å². The van der Waals surface area contributed by atoms with Gasteiger partial charge in [-0.2, -0.15) is 0 Å². The zero-order valence-electron chi connectivity index (χ0n) is 12.6. The van der Waals surface area contributed by atoms with E-state index in [9.17, 15) is 14.7 Å². The topological polar surface area (TPSA) is 81.7 Å². The second-order valence-electron chi connectivity index (χ2n) is 6.09. The van der Waals surface area contributed by atoms with Crippen molar-refractivity contribution in [2.75, 3.05) is 13.1 Å². The van der Waals surface area contributed by atoms with Crippen LogP contribution in [0, 0.1) is 5.92 Å². The summed E-state index contributed by atoms with van der Waals surface area (Å²) in [5.41, 5.74) is 2.04. The summed E-state index contributed by atoms with van der Waals surface area (Å²) in [5.74, 6) is 0.466. The Balaban J connectivity index is 1.94. The Morgan fingerprint density at radius 1 is 1.27 bits per heavy atom. The van der Waals surface area contributed by atoms with Crippen LogP contribution < -0.4 is 10.6 Å². The molecule has 116 valence electrons. The standard InChI is InChI=1S/C16H19N3O3/c1-9(2)7-19-8-12-13(15(19)21)14(18-16(22)17-12)10-3-5-11(20)6-4-10/h3-6,9,14,20H,7-8H2,1-2H3,(H2,17,18,22). The molecule has 3 amide bonds. The van der Waals surface area contributed by atoms with Gasteiger partial charge in [0, 0.05) is 6.54 Å². The lowest BCUT2D eigenvalue weighted by Crippen LogP contribution is -2.44. The maximum Gasteiger partial charge on any atom is 0.319 e. The molecule has 0 saturated heterocycles. The SMILES string of the molecule is CC(C)CN1CC2=C(C1=O)C(c1ccc(O)cc1)NC(=O)N2. The van der Waals surface area contributed by atoms with Crippen LogP contribution in [0.15, 0.2) is 35.5 Å². The fraction of sp³-hybridized carbons (Fsp3) is 0.375. The van der Waals surface area contributed by atoms with E-state index in [2.05, 4.69) is 24.5 Å². The van der Waals surface area contributed by atoms with E-state index < -0.39 is 6.04 Å². The smallest absolute Gasteiger partial charge is 0.319 e. The van der Waals surface area contributed by atoms with Crippen molar-refractivity contribution in [3.8, 4) is 5.75 Å². The Kier molecular flexibility index (Phi) is 3.52.